The van der Waals surface area contributed by atoms with Crippen LogP contribution in [-0.2, 0) is 13.1 Å². The van der Waals surface area contributed by atoms with Gasteiger partial charge in [0, 0.05) is 19.6 Å². The van der Waals surface area contributed by atoms with Gasteiger partial charge in [0.1, 0.15) is 5.82 Å². The Balaban J connectivity index is 1.97. The average Bonchev–Trinajstić information content (AvgIpc) is 2.96. The molecule has 1 fully saturated rings. The van der Waals surface area contributed by atoms with E-state index in [1.165, 1.54) is 12.5 Å². The molecule has 0 bridgehead atoms. The van der Waals surface area contributed by atoms with Gasteiger partial charge in [-0.3, -0.25) is 0 Å². The van der Waals surface area contributed by atoms with Crippen LogP contribution in [-0.4, -0.2) is 18.5 Å². The molecule has 0 aliphatic heterocycles. The van der Waals surface area contributed by atoms with E-state index in [-0.39, 0.29) is 5.82 Å². The van der Waals surface area contributed by atoms with Crippen LogP contribution in [0.2, 0.25) is 0 Å². The second-order valence-electron chi connectivity index (χ2n) is 5.29. The standard InChI is InChI=1S/C14H21FN2/c1-10-5-13(10)9-17(2)8-11-3-4-14(15)6-12(11)7-16/h3-4,6,10,13H,5,7-9,16H2,1-2H3. The number of hydrogen-bond donors (Lipinski definition) is 1. The van der Waals surface area contributed by atoms with Gasteiger partial charge in [-0.25, -0.2) is 4.39 Å². The van der Waals surface area contributed by atoms with Crippen molar-refractivity contribution in [3.05, 3.63) is 35.1 Å². The predicted octanol–water partition coefficient (Wildman–Crippen LogP) is 2.37. The van der Waals surface area contributed by atoms with Crippen molar-refractivity contribution in [2.75, 3.05) is 13.6 Å². The van der Waals surface area contributed by atoms with Crippen molar-refractivity contribution in [2.45, 2.75) is 26.4 Å². The number of benzene rings is 1. The molecule has 17 heavy (non-hydrogen) atoms. The first-order valence-electron chi connectivity index (χ1n) is 6.26. The highest BCUT2D eigenvalue weighted by atomic mass is 19.1. The second kappa shape index (κ2) is 5.15. The highest BCUT2D eigenvalue weighted by molar-refractivity contribution is 5.27. The molecular formula is C14H21FN2. The molecule has 0 aromatic heterocycles. The monoisotopic (exact) mass is 236 g/mol. The van der Waals surface area contributed by atoms with Gasteiger partial charge in [0.15, 0.2) is 0 Å². The third-order valence-electron chi connectivity index (χ3n) is 3.65. The van der Waals surface area contributed by atoms with Gasteiger partial charge in [-0.15, -0.1) is 0 Å². The lowest BCUT2D eigenvalue weighted by atomic mass is 10.1. The fourth-order valence-corrected chi connectivity index (χ4v) is 2.35. The largest absolute Gasteiger partial charge is 0.326 e. The Bertz CT molecular complexity index is 392. The average molecular weight is 236 g/mol. The molecule has 2 rings (SSSR count). The van der Waals surface area contributed by atoms with Gasteiger partial charge < -0.3 is 10.6 Å². The number of nitrogens with zero attached hydrogens (tertiary/aromatic N) is 1. The van der Waals surface area contributed by atoms with Gasteiger partial charge in [0.2, 0.25) is 0 Å². The van der Waals surface area contributed by atoms with E-state index in [9.17, 15) is 4.39 Å². The highest BCUT2D eigenvalue weighted by Crippen LogP contribution is 2.38. The van der Waals surface area contributed by atoms with Crippen LogP contribution in [0.5, 0.6) is 0 Å². The quantitative estimate of drug-likeness (QED) is 0.850. The molecule has 1 aromatic rings. The summed E-state index contributed by atoms with van der Waals surface area (Å²) in [6, 6.07) is 4.91. The Morgan fingerprint density at radius 3 is 2.71 bits per heavy atom. The Morgan fingerprint density at radius 2 is 2.12 bits per heavy atom. The Kier molecular flexibility index (Phi) is 3.79. The van der Waals surface area contributed by atoms with E-state index in [0.717, 1.165) is 36.1 Å². The summed E-state index contributed by atoms with van der Waals surface area (Å²) < 4.78 is 13.1. The summed E-state index contributed by atoms with van der Waals surface area (Å²) in [6.07, 6.45) is 1.34. The van der Waals surface area contributed by atoms with Crippen molar-refractivity contribution in [1.29, 1.82) is 0 Å². The van der Waals surface area contributed by atoms with Crippen LogP contribution in [0.1, 0.15) is 24.5 Å². The first kappa shape index (κ1) is 12.5. The highest BCUT2D eigenvalue weighted by Gasteiger charge is 2.33. The summed E-state index contributed by atoms with van der Waals surface area (Å²) >= 11 is 0. The maximum Gasteiger partial charge on any atom is 0.123 e. The van der Waals surface area contributed by atoms with Gasteiger partial charge in [-0.2, -0.15) is 0 Å². The minimum Gasteiger partial charge on any atom is -0.326 e. The van der Waals surface area contributed by atoms with E-state index in [2.05, 4.69) is 18.9 Å². The lowest BCUT2D eigenvalue weighted by Gasteiger charge is -2.18. The Morgan fingerprint density at radius 1 is 1.41 bits per heavy atom. The molecule has 2 unspecified atom stereocenters. The minimum absolute atomic E-state index is 0.201. The van der Waals surface area contributed by atoms with Crippen LogP contribution in [0.4, 0.5) is 4.39 Å². The lowest BCUT2D eigenvalue weighted by molar-refractivity contribution is 0.306. The molecule has 2 N–H and O–H groups in total. The maximum absolute atomic E-state index is 13.1. The third-order valence-corrected chi connectivity index (χ3v) is 3.65. The number of nitrogens with two attached hydrogens (primary N) is 1. The van der Waals surface area contributed by atoms with Gasteiger partial charge in [0.25, 0.3) is 0 Å². The summed E-state index contributed by atoms with van der Waals surface area (Å²) in [4.78, 5) is 2.31. The van der Waals surface area contributed by atoms with Crippen LogP contribution in [0.15, 0.2) is 18.2 Å². The lowest BCUT2D eigenvalue weighted by Crippen LogP contribution is -2.22. The molecule has 1 aromatic carbocycles. The van der Waals surface area contributed by atoms with E-state index in [0.29, 0.717) is 6.54 Å². The predicted molar refractivity (Wildman–Crippen MR) is 67.9 cm³/mol. The molecule has 1 saturated carbocycles. The normalized spacial score (nSPS) is 23.1. The van der Waals surface area contributed by atoms with Crippen LogP contribution in [0.25, 0.3) is 0 Å². The minimum atomic E-state index is -0.201. The van der Waals surface area contributed by atoms with Crippen LogP contribution in [0.3, 0.4) is 0 Å². The molecule has 0 heterocycles. The Labute approximate surface area is 103 Å². The van der Waals surface area contributed by atoms with E-state index in [4.69, 9.17) is 5.73 Å². The molecule has 0 spiro atoms. The maximum atomic E-state index is 13.1. The van der Waals surface area contributed by atoms with Crippen molar-refractivity contribution in [1.82, 2.24) is 4.90 Å². The molecule has 3 heteroatoms. The molecule has 94 valence electrons. The van der Waals surface area contributed by atoms with Gasteiger partial charge in [-0.05, 0) is 48.6 Å². The molecule has 2 nitrogen and oxygen atoms in total. The first-order chi connectivity index (χ1) is 8.10. The summed E-state index contributed by atoms with van der Waals surface area (Å²) in [5, 5.41) is 0. The zero-order valence-electron chi connectivity index (χ0n) is 10.6. The van der Waals surface area contributed by atoms with Gasteiger partial charge in [-0.1, -0.05) is 13.0 Å². The number of hydrogen-bond acceptors (Lipinski definition) is 2. The van der Waals surface area contributed by atoms with Gasteiger partial charge >= 0.3 is 0 Å². The van der Waals surface area contributed by atoms with Crippen LogP contribution in [0, 0.1) is 17.7 Å². The number of rotatable bonds is 5. The van der Waals surface area contributed by atoms with Crippen LogP contribution >= 0.6 is 0 Å². The molecular weight excluding hydrogens is 215 g/mol. The van der Waals surface area contributed by atoms with Crippen molar-refractivity contribution in [2.24, 2.45) is 17.6 Å². The fraction of sp³-hybridized carbons (Fsp3) is 0.571. The third kappa shape index (κ3) is 3.27. The van der Waals surface area contributed by atoms with E-state index in [1.54, 1.807) is 6.07 Å². The summed E-state index contributed by atoms with van der Waals surface area (Å²) in [5.41, 5.74) is 7.71. The van der Waals surface area contributed by atoms with E-state index < -0.39 is 0 Å². The summed E-state index contributed by atoms with van der Waals surface area (Å²) in [6.45, 7) is 4.68. The molecule has 0 amide bonds. The van der Waals surface area contributed by atoms with E-state index in [1.807, 2.05) is 6.07 Å². The van der Waals surface area contributed by atoms with Crippen molar-refractivity contribution >= 4 is 0 Å². The molecule has 1 aliphatic rings. The second-order valence-corrected chi connectivity index (χ2v) is 5.29. The smallest absolute Gasteiger partial charge is 0.123 e. The summed E-state index contributed by atoms with van der Waals surface area (Å²) in [7, 11) is 2.12. The molecule has 0 saturated heterocycles. The SMILES string of the molecule is CC1CC1CN(C)Cc1ccc(F)cc1CN. The number of halogens is 1. The van der Waals surface area contributed by atoms with Crippen molar-refractivity contribution in [3.63, 3.8) is 0 Å². The summed E-state index contributed by atoms with van der Waals surface area (Å²) in [5.74, 6) is 1.52. The first-order valence-corrected chi connectivity index (χ1v) is 6.26. The van der Waals surface area contributed by atoms with Crippen LogP contribution < -0.4 is 5.73 Å². The zero-order chi connectivity index (χ0) is 12.4. The Hall–Kier alpha value is -0.930. The molecule has 0 radical (unpaired) electrons. The fourth-order valence-electron chi connectivity index (χ4n) is 2.35. The zero-order valence-corrected chi connectivity index (χ0v) is 10.6. The molecule has 2 atom stereocenters. The van der Waals surface area contributed by atoms with Gasteiger partial charge in [0.05, 0.1) is 0 Å². The van der Waals surface area contributed by atoms with Crippen molar-refractivity contribution in [3.8, 4) is 0 Å². The molecule has 1 aliphatic carbocycles. The topological polar surface area (TPSA) is 29.3 Å². The van der Waals surface area contributed by atoms with Crippen molar-refractivity contribution < 1.29 is 4.39 Å². The van der Waals surface area contributed by atoms with E-state index >= 15 is 0 Å².